The molecule has 0 aliphatic carbocycles. The minimum absolute atomic E-state index is 0.114. The Labute approximate surface area is 118 Å². The van der Waals surface area contributed by atoms with E-state index in [1.165, 1.54) is 6.07 Å². The van der Waals surface area contributed by atoms with Crippen molar-refractivity contribution in [2.24, 2.45) is 5.14 Å². The minimum Gasteiger partial charge on any atom is -0.397 e. The summed E-state index contributed by atoms with van der Waals surface area (Å²) >= 11 is 1.95. The van der Waals surface area contributed by atoms with E-state index >= 15 is 0 Å². The lowest BCUT2D eigenvalue weighted by atomic mass is 10.2. The fraction of sp³-hybridized carbons (Fsp3) is 0.500. The van der Waals surface area contributed by atoms with Crippen molar-refractivity contribution in [1.82, 2.24) is 0 Å². The van der Waals surface area contributed by atoms with Crippen LogP contribution < -0.4 is 15.8 Å². The molecule has 1 aromatic carbocycles. The molecule has 0 aromatic heterocycles. The van der Waals surface area contributed by atoms with Gasteiger partial charge in [0.25, 0.3) is 0 Å². The molecule has 1 atom stereocenters. The maximum absolute atomic E-state index is 11.4. The molecular formula is C12H19N3O2S2. The number of benzene rings is 1. The van der Waals surface area contributed by atoms with Crippen molar-refractivity contribution in [1.29, 1.82) is 0 Å². The highest BCUT2D eigenvalue weighted by Crippen LogP contribution is 2.31. The molecule has 1 saturated heterocycles. The standard InChI is InChI=1S/C12H19N3O2S2/c1-2-9-8-15(5-6-18-9)12-7-10(19(14,16)17)3-4-11(12)13/h3-4,7,9H,2,5-6,8,13H2,1H3,(H2,14,16,17). The number of nitrogen functional groups attached to an aromatic ring is 1. The first-order valence-electron chi connectivity index (χ1n) is 6.20. The molecule has 5 nitrogen and oxygen atoms in total. The van der Waals surface area contributed by atoms with Crippen LogP contribution in [-0.4, -0.2) is 32.5 Å². The summed E-state index contributed by atoms with van der Waals surface area (Å²) < 4.78 is 22.8. The number of primary sulfonamides is 1. The average molecular weight is 301 g/mol. The van der Waals surface area contributed by atoms with E-state index in [-0.39, 0.29) is 4.90 Å². The van der Waals surface area contributed by atoms with Gasteiger partial charge in [0, 0.05) is 24.1 Å². The van der Waals surface area contributed by atoms with Crippen LogP contribution in [0.2, 0.25) is 0 Å². The zero-order valence-corrected chi connectivity index (χ0v) is 12.5. The quantitative estimate of drug-likeness (QED) is 0.820. The molecule has 0 spiro atoms. The molecule has 4 N–H and O–H groups in total. The molecular weight excluding hydrogens is 282 g/mol. The molecule has 0 radical (unpaired) electrons. The van der Waals surface area contributed by atoms with Crippen LogP contribution in [0.15, 0.2) is 23.1 Å². The van der Waals surface area contributed by atoms with Gasteiger partial charge in [0.05, 0.1) is 16.3 Å². The van der Waals surface area contributed by atoms with Gasteiger partial charge in [-0.1, -0.05) is 6.92 Å². The van der Waals surface area contributed by atoms with Crippen LogP contribution in [0.5, 0.6) is 0 Å². The molecule has 1 fully saturated rings. The van der Waals surface area contributed by atoms with Crippen LogP contribution in [0, 0.1) is 0 Å². The summed E-state index contributed by atoms with van der Waals surface area (Å²) in [5.41, 5.74) is 7.33. The first-order valence-corrected chi connectivity index (χ1v) is 8.80. The summed E-state index contributed by atoms with van der Waals surface area (Å²) in [5, 5.41) is 5.73. The Kier molecular flexibility index (Phi) is 4.27. The van der Waals surface area contributed by atoms with Gasteiger partial charge in [-0.3, -0.25) is 0 Å². The van der Waals surface area contributed by atoms with Gasteiger partial charge in [-0.15, -0.1) is 0 Å². The number of sulfonamides is 1. The predicted octanol–water partition coefficient (Wildman–Crippen LogP) is 1.25. The van der Waals surface area contributed by atoms with Crippen molar-refractivity contribution in [2.75, 3.05) is 29.5 Å². The van der Waals surface area contributed by atoms with Crippen molar-refractivity contribution in [3.8, 4) is 0 Å². The Morgan fingerprint density at radius 2 is 2.21 bits per heavy atom. The van der Waals surface area contributed by atoms with Gasteiger partial charge in [0.1, 0.15) is 0 Å². The number of hydrogen-bond acceptors (Lipinski definition) is 5. The van der Waals surface area contributed by atoms with Crippen LogP contribution in [0.4, 0.5) is 11.4 Å². The third-order valence-corrected chi connectivity index (χ3v) is 5.55. The van der Waals surface area contributed by atoms with Gasteiger partial charge in [-0.2, -0.15) is 11.8 Å². The van der Waals surface area contributed by atoms with E-state index in [2.05, 4.69) is 11.8 Å². The lowest BCUT2D eigenvalue weighted by Crippen LogP contribution is -2.38. The molecule has 0 bridgehead atoms. The highest BCUT2D eigenvalue weighted by atomic mass is 32.2. The zero-order chi connectivity index (χ0) is 14.0. The first kappa shape index (κ1) is 14.5. The van der Waals surface area contributed by atoms with Crippen molar-refractivity contribution in [3.05, 3.63) is 18.2 Å². The smallest absolute Gasteiger partial charge is 0.238 e. The fourth-order valence-electron chi connectivity index (χ4n) is 2.16. The number of nitrogens with two attached hydrogens (primary N) is 2. The maximum atomic E-state index is 11.4. The van der Waals surface area contributed by atoms with Crippen molar-refractivity contribution < 1.29 is 8.42 Å². The van der Waals surface area contributed by atoms with E-state index < -0.39 is 10.0 Å². The van der Waals surface area contributed by atoms with E-state index in [4.69, 9.17) is 10.9 Å². The third-order valence-electron chi connectivity index (χ3n) is 3.27. The third kappa shape index (κ3) is 3.34. The van der Waals surface area contributed by atoms with Crippen LogP contribution in [0.25, 0.3) is 0 Å². The second kappa shape index (κ2) is 5.60. The van der Waals surface area contributed by atoms with Gasteiger partial charge in [0.15, 0.2) is 0 Å². The summed E-state index contributed by atoms with van der Waals surface area (Å²) in [5.74, 6) is 1.03. The summed E-state index contributed by atoms with van der Waals surface area (Å²) in [7, 11) is -3.69. The molecule has 19 heavy (non-hydrogen) atoms. The number of thioether (sulfide) groups is 1. The van der Waals surface area contributed by atoms with Crippen LogP contribution in [0.1, 0.15) is 13.3 Å². The maximum Gasteiger partial charge on any atom is 0.238 e. The highest BCUT2D eigenvalue weighted by molar-refractivity contribution is 8.00. The molecule has 106 valence electrons. The highest BCUT2D eigenvalue weighted by Gasteiger charge is 2.22. The second-order valence-corrected chi connectivity index (χ2v) is 7.58. The SMILES string of the molecule is CCC1CN(c2cc(S(N)(=O)=O)ccc2N)CCS1. The van der Waals surface area contributed by atoms with Crippen LogP contribution >= 0.6 is 11.8 Å². The van der Waals surface area contributed by atoms with Gasteiger partial charge >= 0.3 is 0 Å². The van der Waals surface area contributed by atoms with Gasteiger partial charge in [-0.25, -0.2) is 13.6 Å². The predicted molar refractivity (Wildman–Crippen MR) is 81.0 cm³/mol. The Hall–Kier alpha value is -0.920. The molecule has 1 unspecified atom stereocenters. The summed E-state index contributed by atoms with van der Waals surface area (Å²) in [6.45, 7) is 3.92. The lowest BCUT2D eigenvalue weighted by molar-refractivity contribution is 0.597. The van der Waals surface area contributed by atoms with Crippen molar-refractivity contribution in [2.45, 2.75) is 23.5 Å². The summed E-state index contributed by atoms with van der Waals surface area (Å²) in [4.78, 5) is 2.26. The van der Waals surface area contributed by atoms with Gasteiger partial charge < -0.3 is 10.6 Å². The average Bonchev–Trinajstić information content (AvgIpc) is 2.38. The molecule has 0 amide bonds. The van der Waals surface area contributed by atoms with Crippen LogP contribution in [-0.2, 0) is 10.0 Å². The Balaban J connectivity index is 2.33. The molecule has 1 aromatic rings. The first-order chi connectivity index (χ1) is 8.91. The van der Waals surface area contributed by atoms with E-state index in [0.717, 1.165) is 31.0 Å². The number of nitrogens with zero attached hydrogens (tertiary/aromatic N) is 1. The topological polar surface area (TPSA) is 89.4 Å². The Bertz CT molecular complexity index is 560. The molecule has 1 aliphatic heterocycles. The number of rotatable bonds is 3. The lowest BCUT2D eigenvalue weighted by Gasteiger charge is -2.34. The molecule has 1 aliphatic rings. The molecule has 7 heteroatoms. The second-order valence-electron chi connectivity index (χ2n) is 4.61. The van der Waals surface area contributed by atoms with Crippen molar-refractivity contribution in [3.63, 3.8) is 0 Å². The normalized spacial score (nSPS) is 20.5. The van der Waals surface area contributed by atoms with E-state index in [1.807, 2.05) is 11.8 Å². The summed E-state index contributed by atoms with van der Waals surface area (Å²) in [6, 6.07) is 4.63. The molecule has 2 rings (SSSR count). The largest absolute Gasteiger partial charge is 0.397 e. The number of hydrogen-bond donors (Lipinski definition) is 2. The van der Waals surface area contributed by atoms with Gasteiger partial charge in [0.2, 0.25) is 10.0 Å². The van der Waals surface area contributed by atoms with E-state index in [9.17, 15) is 8.42 Å². The fourth-order valence-corrected chi connectivity index (χ4v) is 3.87. The monoisotopic (exact) mass is 301 g/mol. The minimum atomic E-state index is -3.69. The van der Waals surface area contributed by atoms with E-state index in [1.54, 1.807) is 12.1 Å². The summed E-state index contributed by atoms with van der Waals surface area (Å²) in [6.07, 6.45) is 1.09. The number of anilines is 2. The van der Waals surface area contributed by atoms with Crippen molar-refractivity contribution >= 4 is 33.2 Å². The molecule has 0 saturated carbocycles. The van der Waals surface area contributed by atoms with Gasteiger partial charge in [-0.05, 0) is 24.6 Å². The van der Waals surface area contributed by atoms with E-state index in [0.29, 0.717) is 10.9 Å². The molecule has 1 heterocycles. The Morgan fingerprint density at radius 1 is 1.47 bits per heavy atom. The Morgan fingerprint density at radius 3 is 2.84 bits per heavy atom. The zero-order valence-electron chi connectivity index (χ0n) is 10.9. The van der Waals surface area contributed by atoms with Crippen LogP contribution in [0.3, 0.4) is 0 Å².